The second kappa shape index (κ2) is 4.37. The lowest BCUT2D eigenvalue weighted by Gasteiger charge is -1.88. The lowest BCUT2D eigenvalue weighted by Crippen LogP contribution is -3.00. The fourth-order valence-corrected chi connectivity index (χ4v) is 2.63. The number of benzene rings is 1. The molecule has 0 aliphatic carbocycles. The molecule has 1 nitrogen and oxygen atoms in total. The monoisotopic (exact) mass is 305 g/mol. The van der Waals surface area contributed by atoms with Gasteiger partial charge in [-0.1, -0.05) is 23.5 Å². The second-order valence-corrected chi connectivity index (χ2v) is 4.07. The van der Waals surface area contributed by atoms with Gasteiger partial charge in [0.15, 0.2) is 0 Å². The fraction of sp³-hybridized carbons (Fsp3) is 0.300. The van der Waals surface area contributed by atoms with Crippen molar-refractivity contribution < 1.29 is 28.5 Å². The molecule has 0 amide bonds. The maximum Gasteiger partial charge on any atom is 0.235 e. The lowest BCUT2D eigenvalue weighted by molar-refractivity contribution is -0.669. The van der Waals surface area contributed by atoms with Crippen molar-refractivity contribution in [1.82, 2.24) is 0 Å². The summed E-state index contributed by atoms with van der Waals surface area (Å²) in [6.07, 6.45) is 0. The van der Waals surface area contributed by atoms with Gasteiger partial charge in [-0.15, -0.1) is 0 Å². The number of halogens is 1. The third-order valence-electron chi connectivity index (χ3n) is 2.11. The Hall–Kier alpha value is -0.160. The predicted octanol–water partition coefficient (Wildman–Crippen LogP) is -0.479. The number of aromatic nitrogens is 1. The van der Waals surface area contributed by atoms with Crippen LogP contribution in [0, 0.1) is 6.92 Å². The molecule has 0 fully saturated rings. The maximum absolute atomic E-state index is 2.35. The van der Waals surface area contributed by atoms with Crippen LogP contribution in [0.2, 0.25) is 0 Å². The summed E-state index contributed by atoms with van der Waals surface area (Å²) in [5, 5.41) is 1.39. The summed E-state index contributed by atoms with van der Waals surface area (Å²) in [4.78, 5) is 0. The van der Waals surface area contributed by atoms with E-state index in [1.807, 2.05) is 11.3 Å². The van der Waals surface area contributed by atoms with Crippen LogP contribution < -0.4 is 28.5 Å². The van der Waals surface area contributed by atoms with E-state index in [1.165, 1.54) is 15.2 Å². The van der Waals surface area contributed by atoms with Crippen LogP contribution in [0.25, 0.3) is 10.2 Å². The Morgan fingerprint density at radius 3 is 2.69 bits per heavy atom. The molecule has 0 atom stereocenters. The number of rotatable bonds is 1. The number of para-hydroxylation sites is 1. The lowest BCUT2D eigenvalue weighted by atomic mass is 10.3. The van der Waals surface area contributed by atoms with Crippen LogP contribution in [0.1, 0.15) is 11.9 Å². The van der Waals surface area contributed by atoms with E-state index < -0.39 is 0 Å². The van der Waals surface area contributed by atoms with Crippen LogP contribution in [0.3, 0.4) is 0 Å². The Bertz CT molecular complexity index is 408. The molecular formula is C10H12INS. The Morgan fingerprint density at radius 1 is 1.31 bits per heavy atom. The minimum atomic E-state index is 0. The molecule has 0 aliphatic rings. The summed E-state index contributed by atoms with van der Waals surface area (Å²) in [7, 11) is 0. The van der Waals surface area contributed by atoms with Crippen molar-refractivity contribution in [2.24, 2.45) is 0 Å². The Labute approximate surface area is 99.4 Å². The largest absolute Gasteiger partial charge is 1.00 e. The Balaban J connectivity index is 0.000000845. The smallest absolute Gasteiger partial charge is 0.235 e. The number of fused-ring (bicyclic) bond motifs is 1. The first kappa shape index (κ1) is 10.9. The second-order valence-electron chi connectivity index (χ2n) is 2.83. The van der Waals surface area contributed by atoms with Gasteiger partial charge in [-0.25, -0.2) is 0 Å². The Kier molecular flexibility index (Phi) is 3.67. The zero-order valence-corrected chi connectivity index (χ0v) is 10.7. The average molecular weight is 305 g/mol. The molecule has 0 radical (unpaired) electrons. The maximum atomic E-state index is 2.35. The highest BCUT2D eigenvalue weighted by atomic mass is 127. The quantitative estimate of drug-likeness (QED) is 0.495. The van der Waals surface area contributed by atoms with Crippen LogP contribution in [0.15, 0.2) is 24.3 Å². The number of hydrogen-bond acceptors (Lipinski definition) is 1. The zero-order valence-electron chi connectivity index (χ0n) is 7.75. The third kappa shape index (κ3) is 1.86. The number of hydrogen-bond donors (Lipinski definition) is 0. The fourth-order valence-electron chi connectivity index (χ4n) is 1.54. The van der Waals surface area contributed by atoms with E-state index in [1.54, 1.807) is 0 Å². The molecule has 13 heavy (non-hydrogen) atoms. The highest BCUT2D eigenvalue weighted by Gasteiger charge is 2.13. The minimum absolute atomic E-state index is 0. The van der Waals surface area contributed by atoms with Gasteiger partial charge in [-0.05, 0) is 13.0 Å². The van der Waals surface area contributed by atoms with Crippen LogP contribution in [0.4, 0.5) is 0 Å². The first-order valence-corrected chi connectivity index (χ1v) is 5.02. The van der Waals surface area contributed by atoms with Crippen molar-refractivity contribution in [2.45, 2.75) is 20.4 Å². The number of nitrogens with zero attached hydrogens (tertiary/aromatic N) is 1. The van der Waals surface area contributed by atoms with E-state index in [9.17, 15) is 0 Å². The van der Waals surface area contributed by atoms with Gasteiger partial charge in [0.05, 0.1) is 0 Å². The van der Waals surface area contributed by atoms with Gasteiger partial charge in [0.1, 0.15) is 11.2 Å². The molecule has 0 unspecified atom stereocenters. The van der Waals surface area contributed by atoms with Crippen LogP contribution in [-0.4, -0.2) is 0 Å². The van der Waals surface area contributed by atoms with Crippen LogP contribution in [-0.2, 0) is 6.54 Å². The normalized spacial score (nSPS) is 10.0. The molecule has 1 aromatic heterocycles. The highest BCUT2D eigenvalue weighted by Crippen LogP contribution is 2.18. The van der Waals surface area contributed by atoms with Gasteiger partial charge < -0.3 is 24.0 Å². The standard InChI is InChI=1S/C10H12NS.HI/c1-3-11-8(2)12-10-7-5-4-6-9(10)11;/h4-7H,3H2,1-2H3;1H/q+1;/p-1. The molecule has 2 rings (SSSR count). The van der Waals surface area contributed by atoms with Crippen LogP contribution >= 0.6 is 11.3 Å². The topological polar surface area (TPSA) is 3.88 Å². The molecule has 1 heterocycles. The molecule has 70 valence electrons. The third-order valence-corrected chi connectivity index (χ3v) is 3.19. The molecule has 0 bridgehead atoms. The molecule has 0 spiro atoms. The van der Waals surface area contributed by atoms with Crippen molar-refractivity contribution in [3.8, 4) is 0 Å². The van der Waals surface area contributed by atoms with E-state index in [2.05, 4.69) is 42.7 Å². The molecular weight excluding hydrogens is 293 g/mol. The van der Waals surface area contributed by atoms with Crippen LogP contribution in [0.5, 0.6) is 0 Å². The molecule has 0 saturated heterocycles. The summed E-state index contributed by atoms with van der Waals surface area (Å²) in [6.45, 7) is 5.43. The van der Waals surface area contributed by atoms with Crippen molar-refractivity contribution in [1.29, 1.82) is 0 Å². The minimum Gasteiger partial charge on any atom is -1.00 e. The van der Waals surface area contributed by atoms with E-state index in [-0.39, 0.29) is 24.0 Å². The van der Waals surface area contributed by atoms with Crippen molar-refractivity contribution >= 4 is 21.6 Å². The number of thiazole rings is 1. The van der Waals surface area contributed by atoms with E-state index in [0.29, 0.717) is 0 Å². The van der Waals surface area contributed by atoms with Crippen molar-refractivity contribution in [2.75, 3.05) is 0 Å². The van der Waals surface area contributed by atoms with Gasteiger partial charge in [0.25, 0.3) is 0 Å². The first-order valence-electron chi connectivity index (χ1n) is 4.21. The summed E-state index contributed by atoms with van der Waals surface area (Å²) in [5.74, 6) is 0. The highest BCUT2D eigenvalue weighted by molar-refractivity contribution is 7.18. The molecule has 1 aromatic carbocycles. The SMILES string of the molecule is CC[n+]1c(C)sc2ccccc21.[I-]. The average Bonchev–Trinajstić information content (AvgIpc) is 2.40. The molecule has 2 aromatic rings. The Morgan fingerprint density at radius 2 is 2.00 bits per heavy atom. The molecule has 0 N–H and O–H groups in total. The summed E-state index contributed by atoms with van der Waals surface area (Å²) in [5.41, 5.74) is 1.36. The van der Waals surface area contributed by atoms with E-state index in [4.69, 9.17) is 0 Å². The molecule has 0 aliphatic heterocycles. The van der Waals surface area contributed by atoms with E-state index in [0.717, 1.165) is 6.54 Å². The summed E-state index contributed by atoms with van der Waals surface area (Å²) in [6, 6.07) is 8.56. The van der Waals surface area contributed by atoms with Gasteiger partial charge >= 0.3 is 0 Å². The van der Waals surface area contributed by atoms with E-state index >= 15 is 0 Å². The molecule has 0 saturated carbocycles. The summed E-state index contributed by atoms with van der Waals surface area (Å²) >= 11 is 1.87. The van der Waals surface area contributed by atoms with Gasteiger partial charge in [-0.3, -0.25) is 0 Å². The van der Waals surface area contributed by atoms with Crippen molar-refractivity contribution in [3.05, 3.63) is 29.3 Å². The first-order chi connectivity index (χ1) is 5.83. The van der Waals surface area contributed by atoms with Gasteiger partial charge in [-0.2, -0.15) is 4.57 Å². The molecule has 3 heteroatoms. The predicted molar refractivity (Wildman–Crippen MR) is 52.4 cm³/mol. The van der Waals surface area contributed by atoms with Gasteiger partial charge in [0, 0.05) is 13.0 Å². The summed E-state index contributed by atoms with van der Waals surface area (Å²) < 4.78 is 3.73. The van der Waals surface area contributed by atoms with Crippen molar-refractivity contribution in [3.63, 3.8) is 0 Å². The van der Waals surface area contributed by atoms with Gasteiger partial charge in [0.2, 0.25) is 10.5 Å². The number of aryl methyl sites for hydroxylation is 2. The zero-order chi connectivity index (χ0) is 8.55.